The number of amides is 3. The van der Waals surface area contributed by atoms with E-state index in [4.69, 9.17) is 4.74 Å². The number of piperazine rings is 1. The van der Waals surface area contributed by atoms with E-state index in [-0.39, 0.29) is 36.2 Å². The lowest BCUT2D eigenvalue weighted by atomic mass is 9.92. The standard InChI is InChI=1S/C33H37F3N8O3/c1-4-20-18-44(32(46)40-23-6-5-21(26(14-23)33(34,35)36)17-43-11-9-42(3)10-12-43)19-22-13-24(16-39-29(20)22)47-28-7-8-38-30-25(28)15-27(41-30)31(45)37-2/h5-8,13-16,20H,4,9-12,17-19H2,1-3H3,(H,37,45)(H,38,41)(H,40,46)/t20-/m0/s1. The van der Waals surface area contributed by atoms with E-state index in [9.17, 15) is 22.8 Å². The Bertz CT molecular complexity index is 1780. The lowest BCUT2D eigenvalue weighted by Gasteiger charge is -2.34. The number of H-pyrrole nitrogens is 1. The fraction of sp³-hybridized carbons (Fsp3) is 0.394. The van der Waals surface area contributed by atoms with E-state index < -0.39 is 17.8 Å². The molecule has 0 unspecified atom stereocenters. The van der Waals surface area contributed by atoms with Crippen LogP contribution in [0.4, 0.5) is 23.7 Å². The van der Waals surface area contributed by atoms with Gasteiger partial charge >= 0.3 is 12.2 Å². The summed E-state index contributed by atoms with van der Waals surface area (Å²) in [6, 6.07) is 8.69. The Kier molecular flexibility index (Phi) is 9.06. The first-order valence-electron chi connectivity index (χ1n) is 15.6. The SMILES string of the molecule is CC[C@H]1CN(C(=O)Nc2ccc(CN3CCN(C)CC3)c(C(F)(F)F)c2)Cc2cc(Oc3ccnc4[nH]c(C(=O)NC)cc34)cnc21. The minimum atomic E-state index is -4.56. The molecule has 3 N–H and O–H groups in total. The third-order valence-corrected chi connectivity index (χ3v) is 8.79. The molecule has 11 nitrogen and oxygen atoms in total. The van der Waals surface area contributed by atoms with Gasteiger partial charge in [-0.15, -0.1) is 0 Å². The van der Waals surface area contributed by atoms with Gasteiger partial charge in [-0.2, -0.15) is 13.2 Å². The minimum Gasteiger partial charge on any atom is -0.455 e. The zero-order valence-electron chi connectivity index (χ0n) is 26.4. The molecule has 1 atom stereocenters. The van der Waals surface area contributed by atoms with Gasteiger partial charge in [0, 0.05) is 70.7 Å². The van der Waals surface area contributed by atoms with E-state index in [1.807, 2.05) is 24.9 Å². The van der Waals surface area contributed by atoms with E-state index in [0.717, 1.165) is 30.4 Å². The van der Waals surface area contributed by atoms with E-state index in [1.54, 1.807) is 29.4 Å². The van der Waals surface area contributed by atoms with Crippen LogP contribution >= 0.6 is 0 Å². The zero-order valence-corrected chi connectivity index (χ0v) is 26.4. The molecular formula is C33H37F3N8O3. The monoisotopic (exact) mass is 650 g/mol. The maximum absolute atomic E-state index is 14.1. The van der Waals surface area contributed by atoms with Gasteiger partial charge in [-0.3, -0.25) is 14.7 Å². The second-order valence-electron chi connectivity index (χ2n) is 12.0. The lowest BCUT2D eigenvalue weighted by Crippen LogP contribution is -2.44. The largest absolute Gasteiger partial charge is 0.455 e. The number of pyridine rings is 2. The Hall–Kier alpha value is -4.69. The lowest BCUT2D eigenvalue weighted by molar-refractivity contribution is -0.138. The van der Waals surface area contributed by atoms with Gasteiger partial charge in [0.2, 0.25) is 0 Å². The predicted octanol–water partition coefficient (Wildman–Crippen LogP) is 5.42. The molecule has 0 bridgehead atoms. The molecule has 248 valence electrons. The van der Waals surface area contributed by atoms with E-state index in [0.29, 0.717) is 54.3 Å². The van der Waals surface area contributed by atoms with Crippen LogP contribution in [-0.2, 0) is 19.3 Å². The number of fused-ring (bicyclic) bond motifs is 2. The van der Waals surface area contributed by atoms with Crippen molar-refractivity contribution in [2.75, 3.05) is 52.1 Å². The second kappa shape index (κ2) is 13.2. The quantitative estimate of drug-likeness (QED) is 0.245. The molecule has 14 heteroatoms. The average Bonchev–Trinajstić information content (AvgIpc) is 3.50. The molecule has 0 radical (unpaired) electrons. The van der Waals surface area contributed by atoms with Gasteiger partial charge in [0.05, 0.1) is 22.8 Å². The molecule has 2 aliphatic heterocycles. The van der Waals surface area contributed by atoms with Gasteiger partial charge in [0.1, 0.15) is 22.8 Å². The molecule has 1 saturated heterocycles. The summed E-state index contributed by atoms with van der Waals surface area (Å²) in [5.74, 6) is 0.547. The van der Waals surface area contributed by atoms with Crippen molar-refractivity contribution >= 4 is 28.7 Å². The number of nitrogens with zero attached hydrogens (tertiary/aromatic N) is 5. The number of carbonyl (C=O) groups is 2. The van der Waals surface area contributed by atoms with Gasteiger partial charge in [-0.25, -0.2) is 9.78 Å². The zero-order chi connectivity index (χ0) is 33.3. The van der Waals surface area contributed by atoms with Crippen LogP contribution in [0.15, 0.2) is 48.8 Å². The highest BCUT2D eigenvalue weighted by Gasteiger charge is 2.35. The molecule has 47 heavy (non-hydrogen) atoms. The number of benzene rings is 1. The predicted molar refractivity (Wildman–Crippen MR) is 170 cm³/mol. The number of alkyl halides is 3. The number of halogens is 3. The highest BCUT2D eigenvalue weighted by molar-refractivity contribution is 5.98. The van der Waals surface area contributed by atoms with Gasteiger partial charge in [0.15, 0.2) is 0 Å². The molecule has 3 amide bonds. The van der Waals surface area contributed by atoms with Gasteiger partial charge < -0.3 is 30.2 Å². The van der Waals surface area contributed by atoms with Crippen molar-refractivity contribution in [2.45, 2.75) is 38.5 Å². The van der Waals surface area contributed by atoms with Crippen molar-refractivity contribution in [1.82, 2.24) is 35.0 Å². The third-order valence-electron chi connectivity index (χ3n) is 8.79. The van der Waals surface area contributed by atoms with Crippen molar-refractivity contribution in [1.29, 1.82) is 0 Å². The molecule has 0 aliphatic carbocycles. The number of anilines is 1. The molecule has 3 aromatic heterocycles. The van der Waals surface area contributed by atoms with Crippen molar-refractivity contribution in [3.05, 3.63) is 76.9 Å². The number of aromatic amines is 1. The summed E-state index contributed by atoms with van der Waals surface area (Å²) in [7, 11) is 3.54. The molecule has 4 aromatic rings. The Balaban J connectivity index is 1.19. The maximum Gasteiger partial charge on any atom is 0.416 e. The van der Waals surface area contributed by atoms with Crippen molar-refractivity contribution in [2.24, 2.45) is 0 Å². The number of hydrogen-bond acceptors (Lipinski definition) is 7. The average molecular weight is 651 g/mol. The van der Waals surface area contributed by atoms with Crippen LogP contribution in [0.1, 0.15) is 52.1 Å². The first kappa shape index (κ1) is 32.3. The van der Waals surface area contributed by atoms with Gasteiger partial charge in [-0.1, -0.05) is 13.0 Å². The Morgan fingerprint density at radius 2 is 1.87 bits per heavy atom. The first-order chi connectivity index (χ1) is 22.5. The molecule has 0 spiro atoms. The molecular weight excluding hydrogens is 613 g/mol. The van der Waals surface area contributed by atoms with Gasteiger partial charge in [-0.05, 0) is 54.9 Å². The number of rotatable bonds is 7. The number of carbonyl (C=O) groups excluding carboxylic acids is 2. The molecule has 2 aliphatic rings. The summed E-state index contributed by atoms with van der Waals surface area (Å²) in [5.41, 5.74) is 1.98. The van der Waals surface area contributed by atoms with E-state index in [1.165, 1.54) is 19.2 Å². The number of nitrogens with one attached hydrogen (secondary N) is 3. The van der Waals surface area contributed by atoms with Crippen LogP contribution in [0.5, 0.6) is 11.5 Å². The smallest absolute Gasteiger partial charge is 0.416 e. The number of aromatic nitrogens is 3. The first-order valence-corrected chi connectivity index (χ1v) is 15.6. The Morgan fingerprint density at radius 3 is 2.60 bits per heavy atom. The van der Waals surface area contributed by atoms with Crippen LogP contribution in [0, 0.1) is 0 Å². The minimum absolute atomic E-state index is 0.0670. The number of urea groups is 1. The summed E-state index contributed by atoms with van der Waals surface area (Å²) in [6.07, 6.45) is -0.666. The summed E-state index contributed by atoms with van der Waals surface area (Å²) < 4.78 is 48.6. The summed E-state index contributed by atoms with van der Waals surface area (Å²) in [5, 5.41) is 5.89. The number of ether oxygens (including phenoxy) is 1. The maximum atomic E-state index is 14.1. The topological polar surface area (TPSA) is 119 Å². The molecule has 1 fully saturated rings. The molecule has 0 saturated carbocycles. The highest BCUT2D eigenvalue weighted by Crippen LogP contribution is 2.36. The second-order valence-corrected chi connectivity index (χ2v) is 12.0. The van der Waals surface area contributed by atoms with Crippen LogP contribution in [0.3, 0.4) is 0 Å². The van der Waals surface area contributed by atoms with Crippen molar-refractivity contribution < 1.29 is 27.5 Å². The van der Waals surface area contributed by atoms with E-state index in [2.05, 4.69) is 30.5 Å². The third kappa shape index (κ3) is 7.03. The fourth-order valence-corrected chi connectivity index (χ4v) is 6.13. The number of hydrogen-bond donors (Lipinski definition) is 3. The highest BCUT2D eigenvalue weighted by atomic mass is 19.4. The molecule has 1 aromatic carbocycles. The number of likely N-dealkylation sites (N-methyl/N-ethyl adjacent to an activating group) is 1. The Morgan fingerprint density at radius 1 is 1.09 bits per heavy atom. The fourth-order valence-electron chi connectivity index (χ4n) is 6.13. The van der Waals surface area contributed by atoms with Gasteiger partial charge in [0.25, 0.3) is 5.91 Å². The van der Waals surface area contributed by atoms with Crippen molar-refractivity contribution in [3.63, 3.8) is 0 Å². The van der Waals surface area contributed by atoms with Crippen LogP contribution in [0.2, 0.25) is 0 Å². The van der Waals surface area contributed by atoms with E-state index >= 15 is 0 Å². The summed E-state index contributed by atoms with van der Waals surface area (Å²) in [6.45, 7) is 5.76. The summed E-state index contributed by atoms with van der Waals surface area (Å²) >= 11 is 0. The normalized spacial score (nSPS) is 17.4. The molecule has 6 rings (SSSR count). The van der Waals surface area contributed by atoms with Crippen LogP contribution < -0.4 is 15.4 Å². The van der Waals surface area contributed by atoms with Crippen LogP contribution in [-0.4, -0.2) is 88.4 Å². The molecule has 5 heterocycles. The van der Waals surface area contributed by atoms with Crippen LogP contribution in [0.25, 0.3) is 11.0 Å². The van der Waals surface area contributed by atoms with Crippen molar-refractivity contribution in [3.8, 4) is 11.5 Å². The summed E-state index contributed by atoms with van der Waals surface area (Å²) in [4.78, 5) is 43.3. The Labute approximate surface area is 270 Å².